The third-order valence-electron chi connectivity index (χ3n) is 5.57. The number of carbonyl (C=O) groups is 1. The Hall–Kier alpha value is -2.76. The largest absolute Gasteiger partial charge is 0.497 e. The normalized spacial score (nSPS) is 17.1. The molecule has 1 atom stereocenters. The molecule has 0 bridgehead atoms. The van der Waals surface area contributed by atoms with Gasteiger partial charge in [-0.05, 0) is 38.0 Å². The number of hydrogen-bond donors (Lipinski definition) is 1. The topological polar surface area (TPSA) is 115 Å². The zero-order chi connectivity index (χ0) is 23.6. The van der Waals surface area contributed by atoms with E-state index in [9.17, 15) is 13.2 Å². The SMILES string of the molecule is CCc1nc(-c2cc(S(=O)(=O)N3CCCC(C(=O)Nc4cccc(OC)c4)C3)c(C)s2)no1. The van der Waals surface area contributed by atoms with E-state index in [2.05, 4.69) is 15.5 Å². The summed E-state index contributed by atoms with van der Waals surface area (Å²) >= 11 is 1.31. The maximum absolute atomic E-state index is 13.4. The highest BCUT2D eigenvalue weighted by molar-refractivity contribution is 7.89. The Morgan fingerprint density at radius 3 is 2.91 bits per heavy atom. The number of methoxy groups -OCH3 is 1. The second-order valence-corrected chi connectivity index (χ2v) is 11.0. The number of aromatic nitrogens is 2. The van der Waals surface area contributed by atoms with Crippen molar-refractivity contribution in [2.24, 2.45) is 5.92 Å². The molecule has 0 spiro atoms. The van der Waals surface area contributed by atoms with Crippen LogP contribution in [0.1, 0.15) is 30.5 Å². The number of ether oxygens (including phenoxy) is 1. The summed E-state index contributed by atoms with van der Waals surface area (Å²) in [5.74, 6) is 0.876. The molecule has 176 valence electrons. The summed E-state index contributed by atoms with van der Waals surface area (Å²) in [4.78, 5) is 18.7. The Morgan fingerprint density at radius 1 is 1.36 bits per heavy atom. The number of nitrogens with zero attached hydrogens (tertiary/aromatic N) is 3. The predicted molar refractivity (Wildman–Crippen MR) is 125 cm³/mol. The second-order valence-electron chi connectivity index (χ2n) is 7.82. The Bertz CT molecular complexity index is 1250. The molecule has 1 fully saturated rings. The van der Waals surface area contributed by atoms with E-state index >= 15 is 0 Å². The number of rotatable bonds is 7. The molecular weight excluding hydrogens is 464 g/mol. The fraction of sp³-hybridized carbons (Fsp3) is 0.409. The lowest BCUT2D eigenvalue weighted by atomic mass is 9.98. The van der Waals surface area contributed by atoms with Crippen LogP contribution in [0.3, 0.4) is 0 Å². The summed E-state index contributed by atoms with van der Waals surface area (Å²) in [6.07, 6.45) is 1.84. The first-order valence-corrected chi connectivity index (χ1v) is 13.0. The van der Waals surface area contributed by atoms with Gasteiger partial charge in [-0.15, -0.1) is 11.3 Å². The average molecular weight is 491 g/mol. The van der Waals surface area contributed by atoms with Gasteiger partial charge in [-0.2, -0.15) is 9.29 Å². The highest BCUT2D eigenvalue weighted by Gasteiger charge is 2.35. The molecule has 0 saturated carbocycles. The molecule has 1 amide bonds. The van der Waals surface area contributed by atoms with Crippen LogP contribution in [0, 0.1) is 12.8 Å². The van der Waals surface area contributed by atoms with E-state index in [1.54, 1.807) is 44.4 Å². The molecule has 11 heteroatoms. The molecular formula is C22H26N4O5S2. The van der Waals surface area contributed by atoms with Crippen LogP contribution in [0.5, 0.6) is 5.75 Å². The van der Waals surface area contributed by atoms with Gasteiger partial charge in [0.15, 0.2) is 0 Å². The minimum atomic E-state index is -3.77. The zero-order valence-electron chi connectivity index (χ0n) is 18.7. The van der Waals surface area contributed by atoms with Gasteiger partial charge in [-0.3, -0.25) is 4.79 Å². The number of thiophene rings is 1. The fourth-order valence-electron chi connectivity index (χ4n) is 3.79. The Morgan fingerprint density at radius 2 is 2.18 bits per heavy atom. The van der Waals surface area contributed by atoms with Gasteiger partial charge in [0.05, 0.1) is 22.8 Å². The van der Waals surface area contributed by atoms with Crippen LogP contribution in [0.4, 0.5) is 5.69 Å². The molecule has 1 unspecified atom stereocenters. The number of hydrogen-bond acceptors (Lipinski definition) is 8. The highest BCUT2D eigenvalue weighted by atomic mass is 32.2. The van der Waals surface area contributed by atoms with Crippen molar-refractivity contribution in [2.75, 3.05) is 25.5 Å². The van der Waals surface area contributed by atoms with Crippen molar-refractivity contribution in [1.82, 2.24) is 14.4 Å². The van der Waals surface area contributed by atoms with Crippen molar-refractivity contribution >= 4 is 33.0 Å². The van der Waals surface area contributed by atoms with Gasteiger partial charge in [0.1, 0.15) is 5.75 Å². The van der Waals surface area contributed by atoms with Gasteiger partial charge in [-0.25, -0.2) is 8.42 Å². The Labute approximate surface area is 196 Å². The van der Waals surface area contributed by atoms with Gasteiger partial charge in [0.25, 0.3) is 0 Å². The number of amides is 1. The minimum Gasteiger partial charge on any atom is -0.497 e. The first-order chi connectivity index (χ1) is 15.8. The van der Waals surface area contributed by atoms with Gasteiger partial charge in [-0.1, -0.05) is 18.1 Å². The lowest BCUT2D eigenvalue weighted by Gasteiger charge is -2.31. The fourth-order valence-corrected chi connectivity index (χ4v) is 6.80. The summed E-state index contributed by atoms with van der Waals surface area (Å²) < 4.78 is 38.6. The van der Waals surface area contributed by atoms with Gasteiger partial charge >= 0.3 is 0 Å². The van der Waals surface area contributed by atoms with E-state index in [4.69, 9.17) is 9.26 Å². The minimum absolute atomic E-state index is 0.130. The number of sulfonamides is 1. The van der Waals surface area contributed by atoms with Crippen LogP contribution in [0.15, 0.2) is 39.8 Å². The van der Waals surface area contributed by atoms with Gasteiger partial charge in [0.2, 0.25) is 27.6 Å². The van der Waals surface area contributed by atoms with Crippen molar-refractivity contribution in [3.63, 3.8) is 0 Å². The monoisotopic (exact) mass is 490 g/mol. The highest BCUT2D eigenvalue weighted by Crippen LogP contribution is 2.35. The second kappa shape index (κ2) is 9.62. The molecule has 9 nitrogen and oxygen atoms in total. The van der Waals surface area contributed by atoms with Crippen molar-refractivity contribution in [3.8, 4) is 16.5 Å². The first kappa shape index (κ1) is 23.4. The molecule has 2 aromatic heterocycles. The van der Waals surface area contributed by atoms with Crippen molar-refractivity contribution in [2.45, 2.75) is 38.0 Å². The van der Waals surface area contributed by atoms with Crippen LogP contribution in [-0.4, -0.2) is 49.0 Å². The molecule has 3 aromatic rings. The molecule has 1 aliphatic rings. The summed E-state index contributed by atoms with van der Waals surface area (Å²) in [7, 11) is -2.21. The number of anilines is 1. The maximum atomic E-state index is 13.4. The maximum Gasteiger partial charge on any atom is 0.244 e. The van der Waals surface area contributed by atoms with Crippen LogP contribution in [-0.2, 0) is 21.2 Å². The van der Waals surface area contributed by atoms with Crippen molar-refractivity contribution in [1.29, 1.82) is 0 Å². The van der Waals surface area contributed by atoms with E-state index < -0.39 is 15.9 Å². The quantitative estimate of drug-likeness (QED) is 0.537. The third-order valence-corrected chi connectivity index (χ3v) is 8.74. The first-order valence-electron chi connectivity index (χ1n) is 10.7. The predicted octanol–water partition coefficient (Wildman–Crippen LogP) is 3.72. The van der Waals surface area contributed by atoms with Crippen molar-refractivity contribution < 1.29 is 22.5 Å². The molecule has 33 heavy (non-hydrogen) atoms. The summed E-state index contributed by atoms with van der Waals surface area (Å²) in [6.45, 7) is 4.17. The van der Waals surface area contributed by atoms with Crippen molar-refractivity contribution in [3.05, 3.63) is 41.1 Å². The van der Waals surface area contributed by atoms with E-state index in [1.807, 2.05) is 6.92 Å². The smallest absolute Gasteiger partial charge is 0.244 e. The lowest BCUT2D eigenvalue weighted by Crippen LogP contribution is -2.43. The molecule has 3 heterocycles. The van der Waals surface area contributed by atoms with Crippen LogP contribution in [0.25, 0.3) is 10.7 Å². The molecule has 0 aliphatic carbocycles. The molecule has 1 N–H and O–H groups in total. The Kier molecular flexibility index (Phi) is 6.82. The van der Waals surface area contributed by atoms with E-state index in [0.29, 0.717) is 58.7 Å². The standard InChI is InChI=1S/C22H26N4O5S2/c1-4-20-24-21(25-31-20)18-12-19(14(2)32-18)33(28,29)26-10-6-7-15(13-26)22(27)23-16-8-5-9-17(11-16)30-3/h5,8-9,11-12,15H,4,6-7,10,13H2,1-3H3,(H,23,27). The number of aryl methyl sites for hydroxylation is 2. The van der Waals surface area contributed by atoms with Gasteiger partial charge < -0.3 is 14.6 Å². The van der Waals surface area contributed by atoms with Gasteiger partial charge in [0, 0.05) is 36.1 Å². The molecule has 0 radical (unpaired) electrons. The summed E-state index contributed by atoms with van der Waals surface area (Å²) in [5, 5.41) is 6.83. The zero-order valence-corrected chi connectivity index (χ0v) is 20.3. The molecule has 4 rings (SSSR count). The lowest BCUT2D eigenvalue weighted by molar-refractivity contribution is -0.120. The number of carbonyl (C=O) groups excluding carboxylic acids is 1. The molecule has 1 aromatic carbocycles. The summed E-state index contributed by atoms with van der Waals surface area (Å²) in [6, 6.07) is 8.68. The average Bonchev–Trinajstić information content (AvgIpc) is 3.46. The Balaban J connectivity index is 1.50. The van der Waals surface area contributed by atoms with E-state index in [-0.39, 0.29) is 17.3 Å². The number of nitrogens with one attached hydrogen (secondary N) is 1. The number of piperidine rings is 1. The molecule has 1 saturated heterocycles. The number of benzene rings is 1. The van der Waals surface area contributed by atoms with Crippen LogP contribution < -0.4 is 10.1 Å². The van der Waals surface area contributed by atoms with Crippen LogP contribution in [0.2, 0.25) is 0 Å². The van der Waals surface area contributed by atoms with E-state index in [1.165, 1.54) is 15.6 Å². The third kappa shape index (κ3) is 4.94. The van der Waals surface area contributed by atoms with Crippen LogP contribution >= 0.6 is 11.3 Å². The molecule has 1 aliphatic heterocycles. The summed E-state index contributed by atoms with van der Waals surface area (Å²) in [5.41, 5.74) is 0.615. The van der Waals surface area contributed by atoms with E-state index in [0.717, 1.165) is 0 Å².